The molecule has 0 saturated heterocycles. The third-order valence-corrected chi connectivity index (χ3v) is 3.03. The van der Waals surface area contributed by atoms with Crippen LogP contribution in [0.1, 0.15) is 25.7 Å². The Labute approximate surface area is 71.9 Å². The first-order chi connectivity index (χ1) is 5.70. The first-order valence-corrected chi connectivity index (χ1v) is 4.68. The quantitative estimate of drug-likeness (QED) is 0.655. The molecule has 2 rings (SSSR count). The van der Waals surface area contributed by atoms with Gasteiger partial charge in [-0.1, -0.05) is 0 Å². The molecule has 3 heteroatoms. The molecular formula is C9H15NO2. The molecule has 0 aromatic rings. The number of hydrogen-bond acceptors (Lipinski definition) is 2. The summed E-state index contributed by atoms with van der Waals surface area (Å²) in [6, 6.07) is -0.606. The van der Waals surface area contributed by atoms with Crippen LogP contribution in [0.2, 0.25) is 0 Å². The minimum atomic E-state index is -0.821. The third kappa shape index (κ3) is 1.46. The lowest BCUT2D eigenvalue weighted by Gasteiger charge is -2.19. The molecule has 0 heterocycles. The van der Waals surface area contributed by atoms with Crippen LogP contribution in [0.25, 0.3) is 0 Å². The summed E-state index contributed by atoms with van der Waals surface area (Å²) in [5.74, 6) is 0.716. The van der Waals surface area contributed by atoms with E-state index < -0.39 is 12.0 Å². The molecule has 0 aromatic carbocycles. The largest absolute Gasteiger partial charge is 0.480 e. The molecule has 0 spiro atoms. The lowest BCUT2D eigenvalue weighted by molar-refractivity contribution is -0.140. The summed E-state index contributed by atoms with van der Waals surface area (Å²) < 4.78 is 0. The summed E-state index contributed by atoms with van der Waals surface area (Å²) >= 11 is 0. The molecule has 0 unspecified atom stereocenters. The minimum Gasteiger partial charge on any atom is -0.480 e. The van der Waals surface area contributed by atoms with Crippen molar-refractivity contribution in [3.63, 3.8) is 0 Å². The van der Waals surface area contributed by atoms with Crippen LogP contribution in [0.3, 0.4) is 0 Å². The maximum Gasteiger partial charge on any atom is 0.320 e. The molecule has 68 valence electrons. The maximum atomic E-state index is 10.7. The van der Waals surface area contributed by atoms with Crippen LogP contribution in [0.4, 0.5) is 0 Å². The highest BCUT2D eigenvalue weighted by Gasteiger charge is 2.46. The highest BCUT2D eigenvalue weighted by Crippen LogP contribution is 2.50. The Morgan fingerprint density at radius 2 is 1.67 bits per heavy atom. The molecule has 2 fully saturated rings. The first-order valence-electron chi connectivity index (χ1n) is 4.68. The van der Waals surface area contributed by atoms with Crippen LogP contribution in [0.5, 0.6) is 0 Å². The van der Waals surface area contributed by atoms with Gasteiger partial charge in [0.25, 0.3) is 0 Å². The van der Waals surface area contributed by atoms with E-state index in [9.17, 15) is 4.79 Å². The van der Waals surface area contributed by atoms with Gasteiger partial charge in [0.15, 0.2) is 0 Å². The van der Waals surface area contributed by atoms with Crippen molar-refractivity contribution in [2.45, 2.75) is 31.7 Å². The van der Waals surface area contributed by atoms with Crippen molar-refractivity contribution in [1.82, 2.24) is 0 Å². The van der Waals surface area contributed by atoms with Gasteiger partial charge in [0.1, 0.15) is 6.04 Å². The molecule has 2 aliphatic rings. The van der Waals surface area contributed by atoms with Crippen molar-refractivity contribution in [1.29, 1.82) is 0 Å². The van der Waals surface area contributed by atoms with E-state index in [-0.39, 0.29) is 5.92 Å². The number of aliphatic carboxylic acids is 1. The van der Waals surface area contributed by atoms with E-state index >= 15 is 0 Å². The smallest absolute Gasteiger partial charge is 0.320 e. The van der Waals surface area contributed by atoms with Gasteiger partial charge < -0.3 is 10.8 Å². The fourth-order valence-electron chi connectivity index (χ4n) is 2.10. The highest BCUT2D eigenvalue weighted by molar-refractivity contribution is 5.73. The summed E-state index contributed by atoms with van der Waals surface area (Å²) in [6.07, 6.45) is 4.79. The molecule has 2 aliphatic carbocycles. The Bertz CT molecular complexity index is 185. The van der Waals surface area contributed by atoms with Gasteiger partial charge >= 0.3 is 5.97 Å². The second kappa shape index (κ2) is 2.73. The van der Waals surface area contributed by atoms with E-state index in [4.69, 9.17) is 10.8 Å². The van der Waals surface area contributed by atoms with E-state index in [2.05, 4.69) is 0 Å². The number of carbonyl (C=O) groups is 1. The normalized spacial score (nSPS) is 25.8. The van der Waals surface area contributed by atoms with Gasteiger partial charge in [0.05, 0.1) is 0 Å². The zero-order valence-electron chi connectivity index (χ0n) is 7.07. The van der Waals surface area contributed by atoms with Gasteiger partial charge in [-0.2, -0.15) is 0 Å². The van der Waals surface area contributed by atoms with Gasteiger partial charge in [-0.15, -0.1) is 0 Å². The molecular weight excluding hydrogens is 154 g/mol. The third-order valence-electron chi connectivity index (χ3n) is 3.03. The van der Waals surface area contributed by atoms with Crippen molar-refractivity contribution < 1.29 is 9.90 Å². The fourth-order valence-corrected chi connectivity index (χ4v) is 2.10. The molecule has 0 amide bonds. The van der Waals surface area contributed by atoms with Crippen LogP contribution < -0.4 is 5.73 Å². The molecule has 1 atom stereocenters. The Hall–Kier alpha value is -0.570. The van der Waals surface area contributed by atoms with Crippen LogP contribution in [0.15, 0.2) is 0 Å². The van der Waals surface area contributed by atoms with Crippen molar-refractivity contribution in [3.8, 4) is 0 Å². The molecule has 0 aliphatic heterocycles. The lowest BCUT2D eigenvalue weighted by Crippen LogP contribution is -2.40. The van der Waals surface area contributed by atoms with Gasteiger partial charge in [-0.25, -0.2) is 0 Å². The number of rotatable bonds is 4. The molecule has 2 saturated carbocycles. The fraction of sp³-hybridized carbons (Fsp3) is 0.889. The number of hydrogen-bond donors (Lipinski definition) is 2. The topological polar surface area (TPSA) is 63.3 Å². The first kappa shape index (κ1) is 8.05. The van der Waals surface area contributed by atoms with Crippen LogP contribution in [0, 0.1) is 17.8 Å². The zero-order valence-corrected chi connectivity index (χ0v) is 7.07. The highest BCUT2D eigenvalue weighted by atomic mass is 16.4. The van der Waals surface area contributed by atoms with Crippen LogP contribution >= 0.6 is 0 Å². The predicted molar refractivity (Wildman–Crippen MR) is 44.5 cm³/mol. The standard InChI is InChI=1S/C9H15NO2/c10-8(9(11)12)7(5-1-2-5)6-3-4-6/h5-8H,1-4,10H2,(H,11,12)/t8-/m0/s1. The monoisotopic (exact) mass is 169 g/mol. The van der Waals surface area contributed by atoms with Gasteiger partial charge in [0.2, 0.25) is 0 Å². The van der Waals surface area contributed by atoms with Gasteiger partial charge in [-0.05, 0) is 43.4 Å². The van der Waals surface area contributed by atoms with E-state index in [0.29, 0.717) is 11.8 Å². The summed E-state index contributed by atoms with van der Waals surface area (Å²) in [6.45, 7) is 0. The summed E-state index contributed by atoms with van der Waals surface area (Å²) in [5, 5.41) is 8.78. The van der Waals surface area contributed by atoms with Gasteiger partial charge in [0, 0.05) is 0 Å². The van der Waals surface area contributed by atoms with Crippen molar-refractivity contribution in [3.05, 3.63) is 0 Å². The molecule has 3 nitrogen and oxygen atoms in total. The molecule has 0 aromatic heterocycles. The van der Waals surface area contributed by atoms with Crippen LogP contribution in [-0.2, 0) is 4.79 Å². The van der Waals surface area contributed by atoms with E-state index in [0.717, 1.165) is 0 Å². The van der Waals surface area contributed by atoms with E-state index in [1.54, 1.807) is 0 Å². The van der Waals surface area contributed by atoms with E-state index in [1.165, 1.54) is 25.7 Å². The second-order valence-electron chi connectivity index (χ2n) is 4.12. The Balaban J connectivity index is 1.99. The average molecular weight is 169 g/mol. The Kier molecular flexibility index (Phi) is 1.83. The Morgan fingerprint density at radius 1 is 1.25 bits per heavy atom. The number of carboxylic acids is 1. The average Bonchev–Trinajstić information content (AvgIpc) is 2.81. The second-order valence-corrected chi connectivity index (χ2v) is 4.12. The van der Waals surface area contributed by atoms with Gasteiger partial charge in [-0.3, -0.25) is 4.79 Å². The minimum absolute atomic E-state index is 0.280. The molecule has 0 radical (unpaired) electrons. The molecule has 3 N–H and O–H groups in total. The molecule has 0 bridgehead atoms. The van der Waals surface area contributed by atoms with E-state index in [1.807, 2.05) is 0 Å². The van der Waals surface area contributed by atoms with Crippen molar-refractivity contribution in [2.24, 2.45) is 23.5 Å². The molecule has 12 heavy (non-hydrogen) atoms. The maximum absolute atomic E-state index is 10.7. The zero-order chi connectivity index (χ0) is 8.72. The number of nitrogens with two attached hydrogens (primary N) is 1. The summed E-state index contributed by atoms with van der Waals surface area (Å²) in [7, 11) is 0. The van der Waals surface area contributed by atoms with Crippen molar-refractivity contribution >= 4 is 5.97 Å². The summed E-state index contributed by atoms with van der Waals surface area (Å²) in [5.41, 5.74) is 5.64. The predicted octanol–water partition coefficient (Wildman–Crippen LogP) is 0.834. The Morgan fingerprint density at radius 3 is 1.92 bits per heavy atom. The lowest BCUT2D eigenvalue weighted by atomic mass is 9.90. The summed E-state index contributed by atoms with van der Waals surface area (Å²) in [4.78, 5) is 10.7. The van der Waals surface area contributed by atoms with Crippen LogP contribution in [-0.4, -0.2) is 17.1 Å². The SMILES string of the molecule is N[C@H](C(=O)O)C(C1CC1)C1CC1. The number of carboxylic acid groups (broad SMARTS) is 1. The van der Waals surface area contributed by atoms with Crippen molar-refractivity contribution in [2.75, 3.05) is 0 Å².